The van der Waals surface area contributed by atoms with E-state index in [1.165, 1.54) is 13.2 Å². The first-order chi connectivity index (χ1) is 14.0. The topological polar surface area (TPSA) is 104 Å². The van der Waals surface area contributed by atoms with Gasteiger partial charge in [0.25, 0.3) is 0 Å². The van der Waals surface area contributed by atoms with E-state index in [9.17, 15) is 15.0 Å². The Morgan fingerprint density at radius 1 is 0.966 bits per heavy atom. The minimum absolute atomic E-state index is 0.0606. The molecule has 8 nitrogen and oxygen atoms in total. The smallest absolute Gasteiger partial charge is 0.309 e. The summed E-state index contributed by atoms with van der Waals surface area (Å²) in [6, 6.07) is 6.81. The van der Waals surface area contributed by atoms with Crippen molar-refractivity contribution >= 4 is 5.97 Å². The van der Waals surface area contributed by atoms with Crippen molar-refractivity contribution < 1.29 is 38.7 Å². The molecule has 0 unspecified atom stereocenters. The highest BCUT2D eigenvalue weighted by Gasteiger charge is 2.37. The number of carbonyl (C=O) groups excluding carboxylic acids is 1. The van der Waals surface area contributed by atoms with Gasteiger partial charge in [0.15, 0.2) is 23.0 Å². The van der Waals surface area contributed by atoms with Crippen molar-refractivity contribution in [2.24, 2.45) is 11.8 Å². The van der Waals surface area contributed by atoms with Crippen LogP contribution in [0.25, 0.3) is 0 Å². The number of hydrogen-bond acceptors (Lipinski definition) is 8. The summed E-state index contributed by atoms with van der Waals surface area (Å²) >= 11 is 0. The Bertz CT molecular complexity index is 939. The molecule has 2 aromatic rings. The van der Waals surface area contributed by atoms with E-state index in [4.69, 9.17) is 23.7 Å². The Hall–Kier alpha value is -3.29. The van der Waals surface area contributed by atoms with Crippen LogP contribution >= 0.6 is 0 Å². The number of phenols is 2. The zero-order valence-corrected chi connectivity index (χ0v) is 16.1. The minimum Gasteiger partial charge on any atom is -0.504 e. The van der Waals surface area contributed by atoms with E-state index < -0.39 is 0 Å². The van der Waals surface area contributed by atoms with E-state index in [1.807, 2.05) is 12.1 Å². The molecule has 29 heavy (non-hydrogen) atoms. The van der Waals surface area contributed by atoms with Gasteiger partial charge in [-0.2, -0.15) is 0 Å². The fraction of sp³-hybridized carbons (Fsp3) is 0.381. The van der Waals surface area contributed by atoms with Gasteiger partial charge in [0, 0.05) is 5.92 Å². The Kier molecular flexibility index (Phi) is 5.00. The van der Waals surface area contributed by atoms with Crippen molar-refractivity contribution in [1.29, 1.82) is 0 Å². The molecular weight excluding hydrogens is 380 g/mol. The lowest BCUT2D eigenvalue weighted by atomic mass is 9.85. The second-order valence-corrected chi connectivity index (χ2v) is 7.10. The Labute approximate surface area is 167 Å². The van der Waals surface area contributed by atoms with Gasteiger partial charge in [0.05, 0.1) is 26.7 Å². The first-order valence-electron chi connectivity index (χ1n) is 9.22. The molecule has 0 aliphatic carbocycles. The summed E-state index contributed by atoms with van der Waals surface area (Å²) in [5, 5.41) is 19.7. The van der Waals surface area contributed by atoms with Crippen LogP contribution in [0.1, 0.15) is 11.1 Å². The molecule has 2 aromatic carbocycles. The summed E-state index contributed by atoms with van der Waals surface area (Å²) < 4.78 is 26.7. The van der Waals surface area contributed by atoms with Crippen LogP contribution in [0.5, 0.6) is 34.5 Å². The van der Waals surface area contributed by atoms with E-state index in [0.717, 1.165) is 5.56 Å². The Morgan fingerprint density at radius 3 is 2.45 bits per heavy atom. The number of methoxy groups -OCH3 is 2. The average molecular weight is 402 g/mol. The van der Waals surface area contributed by atoms with Crippen molar-refractivity contribution in [3.63, 3.8) is 0 Å². The van der Waals surface area contributed by atoms with Crippen LogP contribution in [0, 0.1) is 11.8 Å². The predicted molar refractivity (Wildman–Crippen MR) is 101 cm³/mol. The molecule has 2 atom stereocenters. The van der Waals surface area contributed by atoms with Gasteiger partial charge in [0.2, 0.25) is 18.3 Å². The number of carbonyl (C=O) groups is 1. The summed E-state index contributed by atoms with van der Waals surface area (Å²) in [7, 11) is 2.97. The lowest BCUT2D eigenvalue weighted by molar-refractivity contribution is -0.141. The summed E-state index contributed by atoms with van der Waals surface area (Å²) in [6.07, 6.45) is 0.944. The van der Waals surface area contributed by atoms with Gasteiger partial charge < -0.3 is 33.9 Å². The first-order valence-corrected chi connectivity index (χ1v) is 9.22. The monoisotopic (exact) mass is 402 g/mol. The van der Waals surface area contributed by atoms with Gasteiger partial charge in [0.1, 0.15) is 0 Å². The van der Waals surface area contributed by atoms with Crippen molar-refractivity contribution in [2.45, 2.75) is 12.8 Å². The molecule has 0 bridgehead atoms. The second-order valence-electron chi connectivity index (χ2n) is 7.10. The van der Waals surface area contributed by atoms with E-state index in [-0.39, 0.29) is 41.8 Å². The Morgan fingerprint density at radius 2 is 1.69 bits per heavy atom. The maximum absolute atomic E-state index is 12.4. The molecule has 8 heteroatoms. The number of esters is 1. The zero-order valence-electron chi connectivity index (χ0n) is 16.1. The number of benzene rings is 2. The molecule has 2 N–H and O–H groups in total. The summed E-state index contributed by atoms with van der Waals surface area (Å²) in [4.78, 5) is 12.4. The van der Waals surface area contributed by atoms with Crippen LogP contribution in [0.4, 0.5) is 0 Å². The molecule has 0 aromatic heterocycles. The number of fused-ring (bicyclic) bond motifs is 1. The molecule has 2 aliphatic heterocycles. The summed E-state index contributed by atoms with van der Waals surface area (Å²) in [5.74, 6) is 0.599. The third-order valence-corrected chi connectivity index (χ3v) is 5.32. The van der Waals surface area contributed by atoms with Crippen LogP contribution < -0.4 is 18.9 Å². The van der Waals surface area contributed by atoms with Crippen LogP contribution in [0.2, 0.25) is 0 Å². The fourth-order valence-electron chi connectivity index (χ4n) is 3.84. The maximum atomic E-state index is 12.4. The number of aromatic hydroxyl groups is 2. The van der Waals surface area contributed by atoms with Gasteiger partial charge >= 0.3 is 5.97 Å². The normalized spacial score (nSPS) is 19.9. The van der Waals surface area contributed by atoms with Gasteiger partial charge in [-0.1, -0.05) is 0 Å². The lowest BCUT2D eigenvalue weighted by Crippen LogP contribution is -2.20. The molecule has 0 saturated carbocycles. The van der Waals surface area contributed by atoms with Crippen molar-refractivity contribution in [3.8, 4) is 34.5 Å². The standard InChI is InChI=1S/C21H22O8/c1-25-16-6-12(5-15(22)19(16)23)4-14-13(9-27-21(14)24)3-11-7-17(26-2)20-18(8-11)28-10-29-20/h5-8,13-14,22-23H,3-4,9-10H2,1-2H3/t13-,14+/m1/s1. The largest absolute Gasteiger partial charge is 0.504 e. The number of ether oxygens (including phenoxy) is 5. The van der Waals surface area contributed by atoms with Gasteiger partial charge in [-0.25, -0.2) is 0 Å². The van der Waals surface area contributed by atoms with Crippen LogP contribution in [-0.4, -0.2) is 43.8 Å². The predicted octanol–water partition coefficient (Wildman–Crippen LogP) is 2.42. The van der Waals surface area contributed by atoms with E-state index in [2.05, 4.69) is 0 Å². The molecular formula is C21H22O8. The SMILES string of the molecule is COc1cc(C[C@@H]2C(=O)OC[C@H]2Cc2cc(OC)c3c(c2)OCO3)cc(O)c1O. The minimum atomic E-state index is -0.389. The zero-order chi connectivity index (χ0) is 20.5. The van der Waals surface area contributed by atoms with Crippen molar-refractivity contribution in [3.05, 3.63) is 35.4 Å². The van der Waals surface area contributed by atoms with Gasteiger partial charge in [-0.3, -0.25) is 4.79 Å². The third-order valence-electron chi connectivity index (χ3n) is 5.32. The van der Waals surface area contributed by atoms with E-state index in [0.29, 0.717) is 42.3 Å². The average Bonchev–Trinajstić information content (AvgIpc) is 3.31. The van der Waals surface area contributed by atoms with E-state index in [1.54, 1.807) is 13.2 Å². The third kappa shape index (κ3) is 3.57. The van der Waals surface area contributed by atoms with Crippen molar-refractivity contribution in [1.82, 2.24) is 0 Å². The number of cyclic esters (lactones) is 1. The molecule has 2 aliphatic rings. The quantitative estimate of drug-likeness (QED) is 0.561. The lowest BCUT2D eigenvalue weighted by Gasteiger charge is -2.17. The number of rotatable bonds is 6. The first kappa shape index (κ1) is 19.0. The highest BCUT2D eigenvalue weighted by atomic mass is 16.7. The Balaban J connectivity index is 1.56. The molecule has 4 rings (SSSR count). The summed E-state index contributed by atoms with van der Waals surface area (Å²) in [6.45, 7) is 0.455. The van der Waals surface area contributed by atoms with Crippen molar-refractivity contribution in [2.75, 3.05) is 27.6 Å². The van der Waals surface area contributed by atoms with Crippen LogP contribution in [-0.2, 0) is 22.4 Å². The van der Waals surface area contributed by atoms with Gasteiger partial charge in [-0.05, 0) is 48.2 Å². The van der Waals surface area contributed by atoms with E-state index >= 15 is 0 Å². The van der Waals surface area contributed by atoms with Crippen LogP contribution in [0.15, 0.2) is 24.3 Å². The maximum Gasteiger partial charge on any atom is 0.309 e. The molecule has 154 valence electrons. The molecule has 1 saturated heterocycles. The molecule has 2 heterocycles. The van der Waals surface area contributed by atoms with Gasteiger partial charge in [-0.15, -0.1) is 0 Å². The number of phenolic OH excluding ortho intramolecular Hbond substituents is 2. The molecule has 0 amide bonds. The highest BCUT2D eigenvalue weighted by Crippen LogP contribution is 2.43. The highest BCUT2D eigenvalue weighted by molar-refractivity contribution is 5.75. The molecule has 0 radical (unpaired) electrons. The molecule has 1 fully saturated rings. The summed E-state index contributed by atoms with van der Waals surface area (Å²) in [5.41, 5.74) is 1.62. The fourth-order valence-corrected chi connectivity index (χ4v) is 3.84. The van der Waals surface area contributed by atoms with Crippen LogP contribution in [0.3, 0.4) is 0 Å². The molecule has 0 spiro atoms. The number of hydrogen-bond donors (Lipinski definition) is 2. The second kappa shape index (κ2) is 7.62.